The number of hydroxylamine groups is 1. The number of amides is 3. The fourth-order valence-electron chi connectivity index (χ4n) is 3.54. The molecule has 32 heavy (non-hydrogen) atoms. The van der Waals surface area contributed by atoms with Crippen molar-refractivity contribution in [1.29, 1.82) is 0 Å². The third-order valence-corrected chi connectivity index (χ3v) is 5.27. The second kappa shape index (κ2) is 9.33. The van der Waals surface area contributed by atoms with Crippen LogP contribution >= 0.6 is 0 Å². The Labute approximate surface area is 183 Å². The monoisotopic (exact) mass is 442 g/mol. The smallest absolute Gasteiger partial charge is 0.414 e. The number of carbonyl (C=O) groups excluding carboxylic acids is 3. The van der Waals surface area contributed by atoms with Crippen LogP contribution < -0.4 is 21.0 Å². The maximum absolute atomic E-state index is 14.9. The number of ether oxygens (including phenoxy) is 1. The van der Waals surface area contributed by atoms with Gasteiger partial charge in [-0.1, -0.05) is 24.3 Å². The molecule has 2 saturated heterocycles. The van der Waals surface area contributed by atoms with Gasteiger partial charge in [-0.15, -0.1) is 0 Å². The molecule has 0 aromatic heterocycles. The van der Waals surface area contributed by atoms with Gasteiger partial charge in [0.25, 0.3) is 5.91 Å². The van der Waals surface area contributed by atoms with Crippen molar-refractivity contribution >= 4 is 23.6 Å². The summed E-state index contributed by atoms with van der Waals surface area (Å²) < 4.78 is 20.1. The van der Waals surface area contributed by atoms with Gasteiger partial charge in [0.15, 0.2) is 0 Å². The Kier molecular flexibility index (Phi) is 6.33. The van der Waals surface area contributed by atoms with E-state index in [9.17, 15) is 18.8 Å². The predicted molar refractivity (Wildman–Crippen MR) is 113 cm³/mol. The van der Waals surface area contributed by atoms with Gasteiger partial charge in [-0.25, -0.2) is 14.7 Å². The zero-order chi connectivity index (χ0) is 22.7. The second-order valence-corrected chi connectivity index (χ2v) is 7.63. The Morgan fingerprint density at radius 1 is 1.22 bits per heavy atom. The van der Waals surface area contributed by atoms with Crippen molar-refractivity contribution in [3.05, 3.63) is 53.8 Å². The molecule has 2 aromatic carbocycles. The number of benzene rings is 2. The van der Waals surface area contributed by atoms with Crippen LogP contribution in [-0.4, -0.2) is 49.7 Å². The van der Waals surface area contributed by atoms with Gasteiger partial charge in [0.05, 0.1) is 25.4 Å². The summed E-state index contributed by atoms with van der Waals surface area (Å²) in [5.41, 5.74) is 4.71. The van der Waals surface area contributed by atoms with Gasteiger partial charge in [-0.3, -0.25) is 24.6 Å². The van der Waals surface area contributed by atoms with E-state index in [0.29, 0.717) is 23.4 Å². The standard InChI is InChI=1S/C22H23FN4O5/c1-13(28)24-10-17-11-27(22(30)32-17)16-6-7-18(19(23)8-16)15-4-2-14(3-5-15)9-25-20-12-31-26-21(20)29/h2-8,17,20,25H,9-12H2,1H3,(H,24,28)(H,26,29)/t17-,20+/m0/s1. The zero-order valence-electron chi connectivity index (χ0n) is 17.4. The van der Waals surface area contributed by atoms with Crippen molar-refractivity contribution in [1.82, 2.24) is 16.1 Å². The summed E-state index contributed by atoms with van der Waals surface area (Å²) in [5.74, 6) is -0.881. The number of anilines is 1. The van der Waals surface area contributed by atoms with Gasteiger partial charge >= 0.3 is 6.09 Å². The first-order valence-electron chi connectivity index (χ1n) is 10.2. The number of carbonyl (C=O) groups is 3. The van der Waals surface area contributed by atoms with E-state index in [1.165, 1.54) is 17.9 Å². The largest absolute Gasteiger partial charge is 0.442 e. The van der Waals surface area contributed by atoms with Crippen LogP contribution in [-0.2, 0) is 25.7 Å². The average Bonchev–Trinajstić information content (AvgIpc) is 3.36. The predicted octanol–water partition coefficient (Wildman–Crippen LogP) is 1.47. The molecule has 0 spiro atoms. The Hall–Kier alpha value is -3.50. The van der Waals surface area contributed by atoms with Crippen LogP contribution in [0, 0.1) is 5.82 Å². The van der Waals surface area contributed by atoms with Crippen LogP contribution in [0.15, 0.2) is 42.5 Å². The normalized spacial score (nSPS) is 20.2. The summed E-state index contributed by atoms with van der Waals surface area (Å²) in [6.07, 6.45) is -1.07. The van der Waals surface area contributed by atoms with E-state index in [4.69, 9.17) is 9.57 Å². The quantitative estimate of drug-likeness (QED) is 0.599. The van der Waals surface area contributed by atoms with E-state index >= 15 is 0 Å². The van der Waals surface area contributed by atoms with Crippen LogP contribution in [0.4, 0.5) is 14.9 Å². The van der Waals surface area contributed by atoms with Crippen molar-refractivity contribution in [2.75, 3.05) is 24.6 Å². The highest BCUT2D eigenvalue weighted by atomic mass is 19.1. The van der Waals surface area contributed by atoms with Gasteiger partial charge in [0, 0.05) is 19.0 Å². The molecule has 2 fully saturated rings. The fourth-order valence-corrected chi connectivity index (χ4v) is 3.54. The molecule has 0 unspecified atom stereocenters. The molecule has 3 amide bonds. The Morgan fingerprint density at radius 3 is 2.66 bits per heavy atom. The van der Waals surface area contributed by atoms with Crippen LogP contribution in [0.3, 0.4) is 0 Å². The molecule has 9 nitrogen and oxygen atoms in total. The van der Waals surface area contributed by atoms with Crippen LogP contribution in [0.25, 0.3) is 11.1 Å². The number of rotatable bonds is 7. The van der Waals surface area contributed by atoms with E-state index < -0.39 is 24.1 Å². The number of nitrogens with one attached hydrogen (secondary N) is 3. The Bertz CT molecular complexity index is 1030. The first-order chi connectivity index (χ1) is 15.4. The first-order valence-corrected chi connectivity index (χ1v) is 10.2. The lowest BCUT2D eigenvalue weighted by atomic mass is 10.0. The molecule has 10 heteroatoms. The minimum Gasteiger partial charge on any atom is -0.442 e. The lowest BCUT2D eigenvalue weighted by molar-refractivity contribution is -0.125. The fraction of sp³-hybridized carbons (Fsp3) is 0.318. The molecule has 0 radical (unpaired) electrons. The minimum atomic E-state index is -0.578. The molecule has 0 bridgehead atoms. The zero-order valence-corrected chi connectivity index (χ0v) is 17.4. The summed E-state index contributed by atoms with van der Waals surface area (Å²) in [7, 11) is 0. The number of nitrogens with zero attached hydrogens (tertiary/aromatic N) is 1. The van der Waals surface area contributed by atoms with Gasteiger partial charge < -0.3 is 10.1 Å². The van der Waals surface area contributed by atoms with Crippen molar-refractivity contribution in [2.45, 2.75) is 25.6 Å². The maximum atomic E-state index is 14.9. The highest BCUT2D eigenvalue weighted by molar-refractivity contribution is 5.90. The van der Waals surface area contributed by atoms with Crippen LogP contribution in [0.5, 0.6) is 0 Å². The Morgan fingerprint density at radius 2 is 2.00 bits per heavy atom. The Balaban J connectivity index is 1.40. The molecule has 2 heterocycles. The first kappa shape index (κ1) is 21.7. The molecular weight excluding hydrogens is 419 g/mol. The van der Waals surface area contributed by atoms with Gasteiger partial charge in [-0.2, -0.15) is 0 Å². The van der Waals surface area contributed by atoms with Gasteiger partial charge in [0.1, 0.15) is 18.0 Å². The number of halogens is 1. The van der Waals surface area contributed by atoms with Gasteiger partial charge in [0.2, 0.25) is 5.91 Å². The molecule has 3 N–H and O–H groups in total. The molecule has 2 aliphatic heterocycles. The van der Waals surface area contributed by atoms with Crippen molar-refractivity contribution in [2.24, 2.45) is 0 Å². The maximum Gasteiger partial charge on any atom is 0.414 e. The molecule has 4 rings (SSSR count). The molecule has 2 atom stereocenters. The highest BCUT2D eigenvalue weighted by Gasteiger charge is 2.32. The van der Waals surface area contributed by atoms with E-state index in [1.54, 1.807) is 24.3 Å². The average molecular weight is 442 g/mol. The summed E-state index contributed by atoms with van der Waals surface area (Å²) in [4.78, 5) is 40.9. The van der Waals surface area contributed by atoms with Gasteiger partial charge in [-0.05, 0) is 29.3 Å². The molecule has 168 valence electrons. The van der Waals surface area contributed by atoms with Crippen molar-refractivity contribution < 1.29 is 28.3 Å². The van der Waals surface area contributed by atoms with E-state index in [2.05, 4.69) is 16.1 Å². The molecule has 2 aliphatic rings. The molecule has 0 saturated carbocycles. The lowest BCUT2D eigenvalue weighted by Crippen LogP contribution is -2.37. The van der Waals surface area contributed by atoms with Crippen molar-refractivity contribution in [3.63, 3.8) is 0 Å². The SMILES string of the molecule is CC(=O)NC[C@H]1CN(c2ccc(-c3ccc(CN[C@@H]4CONC4=O)cc3)c(F)c2)C(=O)O1. The third-order valence-electron chi connectivity index (χ3n) is 5.27. The topological polar surface area (TPSA) is 109 Å². The minimum absolute atomic E-state index is 0.202. The summed E-state index contributed by atoms with van der Waals surface area (Å²) >= 11 is 0. The lowest BCUT2D eigenvalue weighted by Gasteiger charge is -2.15. The molecule has 2 aromatic rings. The summed E-state index contributed by atoms with van der Waals surface area (Å²) in [6, 6.07) is 11.5. The van der Waals surface area contributed by atoms with E-state index in [1.807, 2.05) is 12.1 Å². The molecular formula is C22H23FN4O5. The third kappa shape index (κ3) is 4.87. The van der Waals surface area contributed by atoms with E-state index in [-0.39, 0.29) is 31.5 Å². The number of cyclic esters (lactones) is 1. The van der Waals surface area contributed by atoms with Crippen LogP contribution in [0.1, 0.15) is 12.5 Å². The van der Waals surface area contributed by atoms with E-state index in [0.717, 1.165) is 5.56 Å². The highest BCUT2D eigenvalue weighted by Crippen LogP contribution is 2.29. The summed E-state index contributed by atoms with van der Waals surface area (Å²) in [6.45, 7) is 2.56. The number of hydrogen-bond acceptors (Lipinski definition) is 6. The second-order valence-electron chi connectivity index (χ2n) is 7.63. The summed E-state index contributed by atoms with van der Waals surface area (Å²) in [5, 5.41) is 5.70. The number of hydrogen-bond donors (Lipinski definition) is 3. The van der Waals surface area contributed by atoms with Crippen molar-refractivity contribution in [3.8, 4) is 11.1 Å². The molecule has 0 aliphatic carbocycles. The van der Waals surface area contributed by atoms with Crippen LogP contribution in [0.2, 0.25) is 0 Å².